The fourth-order valence-corrected chi connectivity index (χ4v) is 6.43. The molecule has 14 nitrogen and oxygen atoms in total. The predicted molar refractivity (Wildman–Crippen MR) is 174 cm³/mol. The van der Waals surface area contributed by atoms with Crippen LogP contribution in [0, 0.1) is 5.41 Å². The predicted octanol–water partition coefficient (Wildman–Crippen LogP) is 1.85. The van der Waals surface area contributed by atoms with Crippen molar-refractivity contribution in [3.05, 3.63) is 0 Å². The summed E-state index contributed by atoms with van der Waals surface area (Å²) in [5, 5.41) is 0. The lowest BCUT2D eigenvalue weighted by atomic mass is 9.78. The Morgan fingerprint density at radius 3 is 1.60 bits per heavy atom. The fourth-order valence-electron chi connectivity index (χ4n) is 6.43. The van der Waals surface area contributed by atoms with E-state index in [0.29, 0.717) is 64.5 Å². The van der Waals surface area contributed by atoms with E-state index in [0.717, 1.165) is 87.7 Å². The number of nitrogens with zero attached hydrogens (tertiary/aromatic N) is 8. The number of hydrogen-bond acceptors (Lipinski definition) is 14. The Kier molecular flexibility index (Phi) is 12.2. The summed E-state index contributed by atoms with van der Waals surface area (Å²) < 4.78 is 33.3. The summed E-state index contributed by atoms with van der Waals surface area (Å²) in [6, 6.07) is 0. The Morgan fingerprint density at radius 2 is 1.18 bits per heavy atom. The zero-order chi connectivity index (χ0) is 31.6. The zero-order valence-corrected chi connectivity index (χ0v) is 27.8. The van der Waals surface area contributed by atoms with Gasteiger partial charge in [0.25, 0.3) is 0 Å². The van der Waals surface area contributed by atoms with Crippen LogP contribution < -0.4 is 19.6 Å². The summed E-state index contributed by atoms with van der Waals surface area (Å²) in [7, 11) is 8.64. The van der Waals surface area contributed by atoms with Gasteiger partial charge in [-0.1, -0.05) is 0 Å². The first-order valence-corrected chi connectivity index (χ1v) is 16.2. The number of fused-ring (bicyclic) bond motifs is 1. The van der Waals surface area contributed by atoms with Crippen LogP contribution in [-0.4, -0.2) is 154 Å². The minimum Gasteiger partial charge on any atom is -0.383 e. The van der Waals surface area contributed by atoms with Gasteiger partial charge in [-0.2, -0.15) is 9.97 Å². The van der Waals surface area contributed by atoms with Crippen molar-refractivity contribution in [3.63, 3.8) is 0 Å². The Bertz CT molecular complexity index is 1200. The van der Waals surface area contributed by atoms with E-state index in [9.17, 15) is 0 Å². The highest BCUT2D eigenvalue weighted by atomic mass is 16.5. The highest BCUT2D eigenvalue weighted by molar-refractivity contribution is 5.95. The van der Waals surface area contributed by atoms with Crippen molar-refractivity contribution in [2.75, 3.05) is 147 Å². The van der Waals surface area contributed by atoms with Gasteiger partial charge < -0.3 is 48.0 Å². The summed E-state index contributed by atoms with van der Waals surface area (Å²) in [6.45, 7) is 9.71. The highest BCUT2D eigenvalue weighted by Crippen LogP contribution is 2.41. The lowest BCUT2D eigenvalue weighted by molar-refractivity contribution is -0.117. The summed E-state index contributed by atoms with van der Waals surface area (Å²) in [5.74, 6) is 2.94. The van der Waals surface area contributed by atoms with Crippen LogP contribution in [0.3, 0.4) is 0 Å². The van der Waals surface area contributed by atoms with E-state index in [2.05, 4.69) is 19.6 Å². The number of methoxy groups -OCH3 is 5. The average Bonchev–Trinajstić information content (AvgIpc) is 3.07. The van der Waals surface area contributed by atoms with Gasteiger partial charge in [0.15, 0.2) is 11.6 Å². The molecular formula is C31H52N8O6. The van der Waals surface area contributed by atoms with Crippen LogP contribution in [0.5, 0.6) is 0 Å². The molecule has 1 spiro atoms. The molecule has 0 N–H and O–H groups in total. The van der Waals surface area contributed by atoms with E-state index in [1.165, 1.54) is 0 Å². The van der Waals surface area contributed by atoms with Crippen LogP contribution in [0.25, 0.3) is 11.0 Å². The van der Waals surface area contributed by atoms with Gasteiger partial charge >= 0.3 is 0 Å². The molecule has 0 unspecified atom stereocenters. The molecule has 0 aliphatic carbocycles. The molecule has 0 radical (unpaired) electrons. The second kappa shape index (κ2) is 16.3. The van der Waals surface area contributed by atoms with Crippen LogP contribution in [0.15, 0.2) is 0 Å². The van der Waals surface area contributed by atoms with E-state index in [4.69, 9.17) is 48.4 Å². The van der Waals surface area contributed by atoms with Gasteiger partial charge in [-0.05, 0) is 25.7 Å². The summed E-state index contributed by atoms with van der Waals surface area (Å²) >= 11 is 0. The van der Waals surface area contributed by atoms with Crippen molar-refractivity contribution >= 4 is 34.6 Å². The first-order chi connectivity index (χ1) is 22.0. The molecule has 2 aromatic rings. The summed E-state index contributed by atoms with van der Waals surface area (Å²) in [6.07, 6.45) is 4.31. The topological polar surface area (TPSA) is 120 Å². The monoisotopic (exact) mass is 632 g/mol. The van der Waals surface area contributed by atoms with Crippen molar-refractivity contribution in [1.29, 1.82) is 0 Å². The van der Waals surface area contributed by atoms with Crippen LogP contribution in [0.1, 0.15) is 25.7 Å². The highest BCUT2D eigenvalue weighted by Gasteiger charge is 2.43. The molecule has 3 aliphatic rings. The molecule has 2 aromatic heterocycles. The quantitative estimate of drug-likeness (QED) is 0.252. The minimum absolute atomic E-state index is 0.158. The first kappa shape index (κ1) is 33.7. The number of piperidine rings is 2. The van der Waals surface area contributed by atoms with Crippen molar-refractivity contribution in [2.45, 2.75) is 31.8 Å². The van der Waals surface area contributed by atoms with Gasteiger partial charge in [-0.15, -0.1) is 0 Å². The summed E-state index contributed by atoms with van der Waals surface area (Å²) in [4.78, 5) is 30.0. The average molecular weight is 633 g/mol. The van der Waals surface area contributed by atoms with Gasteiger partial charge in [0.05, 0.1) is 45.7 Å². The molecule has 14 heteroatoms. The Labute approximate surface area is 267 Å². The van der Waals surface area contributed by atoms with Crippen molar-refractivity contribution in [1.82, 2.24) is 19.9 Å². The van der Waals surface area contributed by atoms with Crippen LogP contribution in [0.4, 0.5) is 23.5 Å². The Morgan fingerprint density at radius 1 is 0.689 bits per heavy atom. The molecule has 252 valence electrons. The number of rotatable bonds is 17. The fraction of sp³-hybridized carbons (Fsp3) is 0.806. The molecule has 3 aliphatic heterocycles. The lowest BCUT2D eigenvalue weighted by Crippen LogP contribution is -2.54. The Hall–Kier alpha value is -2.62. The van der Waals surface area contributed by atoms with Gasteiger partial charge in [-0.3, -0.25) is 0 Å². The molecule has 3 saturated heterocycles. The van der Waals surface area contributed by atoms with Crippen molar-refractivity contribution < 1.29 is 28.4 Å². The largest absolute Gasteiger partial charge is 0.383 e. The van der Waals surface area contributed by atoms with Gasteiger partial charge in [0.1, 0.15) is 11.0 Å². The third kappa shape index (κ3) is 8.03. The van der Waals surface area contributed by atoms with Gasteiger partial charge in [0, 0.05) is 93.3 Å². The van der Waals surface area contributed by atoms with Crippen molar-refractivity contribution in [2.24, 2.45) is 5.41 Å². The molecule has 45 heavy (non-hydrogen) atoms. The van der Waals surface area contributed by atoms with E-state index in [1.54, 1.807) is 35.5 Å². The summed E-state index contributed by atoms with van der Waals surface area (Å²) in [5.41, 5.74) is 1.69. The third-order valence-electron chi connectivity index (χ3n) is 9.16. The SMILES string of the molecule is COCCN(CCOC)c1nc(N2CCCC3(COC3)C2)c2nc(N(CCOC)CCOC)nc(N3CCC(OC)CC3)c2n1. The molecule has 0 saturated carbocycles. The minimum atomic E-state index is 0.158. The van der Waals surface area contributed by atoms with Crippen LogP contribution in [-0.2, 0) is 28.4 Å². The maximum absolute atomic E-state index is 5.71. The number of anilines is 4. The molecular weight excluding hydrogens is 580 g/mol. The normalized spacial score (nSPS) is 18.5. The smallest absolute Gasteiger partial charge is 0.228 e. The molecule has 0 bridgehead atoms. The molecule has 5 heterocycles. The first-order valence-electron chi connectivity index (χ1n) is 16.2. The maximum atomic E-state index is 5.71. The molecule has 3 fully saturated rings. The number of hydrogen-bond donors (Lipinski definition) is 0. The second-order valence-corrected chi connectivity index (χ2v) is 12.3. The Balaban J connectivity index is 1.68. The molecule has 0 amide bonds. The van der Waals surface area contributed by atoms with E-state index < -0.39 is 0 Å². The molecule has 5 rings (SSSR count). The lowest BCUT2D eigenvalue weighted by Gasteiger charge is -2.48. The van der Waals surface area contributed by atoms with E-state index in [-0.39, 0.29) is 11.5 Å². The van der Waals surface area contributed by atoms with Crippen LogP contribution in [0.2, 0.25) is 0 Å². The molecule has 0 aromatic carbocycles. The van der Waals surface area contributed by atoms with Gasteiger partial charge in [-0.25, -0.2) is 9.97 Å². The zero-order valence-electron chi connectivity index (χ0n) is 27.8. The number of ether oxygens (including phenoxy) is 6. The third-order valence-corrected chi connectivity index (χ3v) is 9.16. The van der Waals surface area contributed by atoms with E-state index in [1.807, 2.05) is 0 Å². The van der Waals surface area contributed by atoms with Crippen LogP contribution >= 0.6 is 0 Å². The maximum Gasteiger partial charge on any atom is 0.228 e. The van der Waals surface area contributed by atoms with E-state index >= 15 is 0 Å². The number of aromatic nitrogens is 4. The second-order valence-electron chi connectivity index (χ2n) is 12.3. The standard InChI is InChI=1S/C31H52N8O6/c1-40-17-13-37(14-18-41-2)29-33-26-25(27(34-29)36-11-7-24(44-5)8-12-36)32-30(38(15-19-42-3)16-20-43-4)35-28(26)39-10-6-9-31(21-39)22-45-23-31/h24H,6-23H2,1-5H3. The molecule has 0 atom stereocenters. The van der Waals surface area contributed by atoms with Gasteiger partial charge in [0.2, 0.25) is 11.9 Å². The van der Waals surface area contributed by atoms with Crippen molar-refractivity contribution in [3.8, 4) is 0 Å².